The molecule has 110 valence electrons. The summed E-state index contributed by atoms with van der Waals surface area (Å²) in [7, 11) is -3.16. The Morgan fingerprint density at radius 2 is 2.20 bits per heavy atom. The van der Waals surface area contributed by atoms with Crippen LogP contribution < -0.4 is 0 Å². The van der Waals surface area contributed by atoms with E-state index in [4.69, 9.17) is 0 Å². The van der Waals surface area contributed by atoms with Gasteiger partial charge >= 0.3 is 0 Å². The standard InChI is InChI=1S/C14H20N2O3S/c1-11-6-13(9-15-8-11)14(17)7-12-4-3-5-16(10-12)20(2,18)19/h6,8-9,12H,3-5,7,10H2,1-2H3. The Balaban J connectivity index is 2.01. The summed E-state index contributed by atoms with van der Waals surface area (Å²) in [5.41, 5.74) is 1.57. The summed E-state index contributed by atoms with van der Waals surface area (Å²) in [5.74, 6) is 0.146. The molecule has 0 spiro atoms. The number of carbonyl (C=O) groups is 1. The molecule has 1 aromatic heterocycles. The SMILES string of the molecule is Cc1cncc(C(=O)CC2CCCN(S(C)(=O)=O)C2)c1. The van der Waals surface area contributed by atoms with E-state index in [1.54, 1.807) is 12.4 Å². The molecule has 1 saturated heterocycles. The van der Waals surface area contributed by atoms with Crippen LogP contribution in [0.25, 0.3) is 0 Å². The Bertz CT molecular complexity index is 598. The minimum atomic E-state index is -3.16. The molecule has 1 aliphatic rings. The van der Waals surface area contributed by atoms with E-state index in [1.807, 2.05) is 13.0 Å². The fourth-order valence-electron chi connectivity index (χ4n) is 2.58. The number of rotatable bonds is 4. The molecular weight excluding hydrogens is 276 g/mol. The van der Waals surface area contributed by atoms with Gasteiger partial charge in [0.2, 0.25) is 10.0 Å². The summed E-state index contributed by atoms with van der Waals surface area (Å²) in [5, 5.41) is 0. The van der Waals surface area contributed by atoms with Crippen molar-refractivity contribution in [3.05, 3.63) is 29.6 Å². The number of ketones is 1. The van der Waals surface area contributed by atoms with Crippen molar-refractivity contribution in [2.45, 2.75) is 26.2 Å². The first-order valence-electron chi connectivity index (χ1n) is 6.76. The number of carbonyl (C=O) groups excluding carboxylic acids is 1. The third-order valence-corrected chi connectivity index (χ3v) is 4.89. The highest BCUT2D eigenvalue weighted by Crippen LogP contribution is 2.23. The van der Waals surface area contributed by atoms with E-state index in [-0.39, 0.29) is 11.7 Å². The highest BCUT2D eigenvalue weighted by molar-refractivity contribution is 7.88. The first-order valence-corrected chi connectivity index (χ1v) is 8.61. The molecule has 1 aliphatic heterocycles. The maximum Gasteiger partial charge on any atom is 0.211 e. The van der Waals surface area contributed by atoms with Crippen molar-refractivity contribution in [1.82, 2.24) is 9.29 Å². The molecule has 0 aliphatic carbocycles. The van der Waals surface area contributed by atoms with Crippen molar-refractivity contribution in [1.29, 1.82) is 0 Å². The van der Waals surface area contributed by atoms with Gasteiger partial charge in [-0.1, -0.05) is 0 Å². The molecule has 0 saturated carbocycles. The van der Waals surface area contributed by atoms with Crippen LogP contribution in [0.5, 0.6) is 0 Å². The van der Waals surface area contributed by atoms with Crippen LogP contribution in [0.2, 0.25) is 0 Å². The second kappa shape index (κ2) is 6.01. The van der Waals surface area contributed by atoms with Crippen LogP contribution >= 0.6 is 0 Å². The highest BCUT2D eigenvalue weighted by Gasteiger charge is 2.27. The van der Waals surface area contributed by atoms with E-state index in [1.165, 1.54) is 10.6 Å². The normalized spacial score (nSPS) is 20.8. The minimum absolute atomic E-state index is 0.0431. The Morgan fingerprint density at radius 1 is 1.45 bits per heavy atom. The lowest BCUT2D eigenvalue weighted by atomic mass is 9.92. The number of pyridine rings is 1. The van der Waals surface area contributed by atoms with Gasteiger partial charge in [0.1, 0.15) is 0 Å². The fraction of sp³-hybridized carbons (Fsp3) is 0.571. The van der Waals surface area contributed by atoms with E-state index < -0.39 is 10.0 Å². The number of hydrogen-bond donors (Lipinski definition) is 0. The lowest BCUT2D eigenvalue weighted by Crippen LogP contribution is -2.39. The van der Waals surface area contributed by atoms with Gasteiger partial charge in [0.05, 0.1) is 6.26 Å². The van der Waals surface area contributed by atoms with Crippen molar-refractivity contribution in [2.75, 3.05) is 19.3 Å². The second-order valence-electron chi connectivity index (χ2n) is 5.51. The zero-order valence-electron chi connectivity index (χ0n) is 11.9. The third kappa shape index (κ3) is 3.86. The minimum Gasteiger partial charge on any atom is -0.294 e. The first kappa shape index (κ1) is 15.1. The average Bonchev–Trinajstić information content (AvgIpc) is 2.38. The lowest BCUT2D eigenvalue weighted by Gasteiger charge is -2.30. The molecule has 1 atom stereocenters. The van der Waals surface area contributed by atoms with Gasteiger partial charge in [0.15, 0.2) is 5.78 Å². The molecule has 0 amide bonds. The Hall–Kier alpha value is -1.27. The van der Waals surface area contributed by atoms with E-state index in [0.29, 0.717) is 25.1 Å². The molecule has 0 radical (unpaired) electrons. The number of Topliss-reactive ketones (excluding diaryl/α,β-unsaturated/α-hetero) is 1. The van der Waals surface area contributed by atoms with Crippen LogP contribution in [-0.2, 0) is 10.0 Å². The van der Waals surface area contributed by atoms with E-state index in [0.717, 1.165) is 18.4 Å². The predicted molar refractivity (Wildman–Crippen MR) is 77.1 cm³/mol. The van der Waals surface area contributed by atoms with Gasteiger partial charge in [0.25, 0.3) is 0 Å². The average molecular weight is 296 g/mol. The van der Waals surface area contributed by atoms with Crippen molar-refractivity contribution in [2.24, 2.45) is 5.92 Å². The number of sulfonamides is 1. The third-order valence-electron chi connectivity index (χ3n) is 3.62. The van der Waals surface area contributed by atoms with Crippen molar-refractivity contribution >= 4 is 15.8 Å². The summed E-state index contributed by atoms with van der Waals surface area (Å²) < 4.78 is 24.6. The van der Waals surface area contributed by atoms with Gasteiger partial charge in [-0.2, -0.15) is 0 Å². The largest absolute Gasteiger partial charge is 0.294 e. The maximum absolute atomic E-state index is 12.2. The molecule has 6 heteroatoms. The monoisotopic (exact) mass is 296 g/mol. The topological polar surface area (TPSA) is 67.3 Å². The number of hydrogen-bond acceptors (Lipinski definition) is 4. The molecule has 0 N–H and O–H groups in total. The van der Waals surface area contributed by atoms with Crippen LogP contribution in [0.3, 0.4) is 0 Å². The molecule has 1 unspecified atom stereocenters. The van der Waals surface area contributed by atoms with E-state index in [9.17, 15) is 13.2 Å². The van der Waals surface area contributed by atoms with Crippen LogP contribution in [-0.4, -0.2) is 42.8 Å². The van der Waals surface area contributed by atoms with Crippen molar-refractivity contribution < 1.29 is 13.2 Å². The smallest absolute Gasteiger partial charge is 0.211 e. The molecule has 2 rings (SSSR count). The van der Waals surface area contributed by atoms with Gasteiger partial charge in [-0.15, -0.1) is 0 Å². The van der Waals surface area contributed by atoms with Gasteiger partial charge in [-0.25, -0.2) is 12.7 Å². The molecular formula is C14H20N2O3S. The molecule has 1 fully saturated rings. The molecule has 2 heterocycles. The van der Waals surface area contributed by atoms with Gasteiger partial charge in [-0.05, 0) is 37.3 Å². The quantitative estimate of drug-likeness (QED) is 0.792. The first-order chi connectivity index (χ1) is 9.36. The van der Waals surface area contributed by atoms with Crippen LogP contribution in [0.1, 0.15) is 35.2 Å². The summed E-state index contributed by atoms with van der Waals surface area (Å²) in [6, 6.07) is 1.83. The molecule has 0 aromatic carbocycles. The van der Waals surface area contributed by atoms with Gasteiger partial charge in [-0.3, -0.25) is 9.78 Å². The summed E-state index contributed by atoms with van der Waals surface area (Å²) in [6.45, 7) is 2.91. The summed E-state index contributed by atoms with van der Waals surface area (Å²) in [4.78, 5) is 16.2. The lowest BCUT2D eigenvalue weighted by molar-refractivity contribution is 0.0942. The number of aryl methyl sites for hydroxylation is 1. The van der Waals surface area contributed by atoms with Crippen LogP contribution in [0.4, 0.5) is 0 Å². The number of piperidine rings is 1. The second-order valence-corrected chi connectivity index (χ2v) is 7.49. The van der Waals surface area contributed by atoms with Gasteiger partial charge < -0.3 is 0 Å². The number of nitrogens with zero attached hydrogens (tertiary/aromatic N) is 2. The molecule has 0 bridgehead atoms. The Labute approximate surface area is 120 Å². The number of aromatic nitrogens is 1. The molecule has 1 aromatic rings. The maximum atomic E-state index is 12.2. The summed E-state index contributed by atoms with van der Waals surface area (Å²) >= 11 is 0. The van der Waals surface area contributed by atoms with Crippen molar-refractivity contribution in [3.8, 4) is 0 Å². The fourth-order valence-corrected chi connectivity index (χ4v) is 3.52. The van der Waals surface area contributed by atoms with E-state index >= 15 is 0 Å². The Kier molecular flexibility index (Phi) is 4.55. The zero-order valence-corrected chi connectivity index (χ0v) is 12.7. The van der Waals surface area contributed by atoms with Crippen LogP contribution in [0, 0.1) is 12.8 Å². The Morgan fingerprint density at radius 3 is 2.85 bits per heavy atom. The van der Waals surface area contributed by atoms with Crippen LogP contribution in [0.15, 0.2) is 18.5 Å². The molecule has 20 heavy (non-hydrogen) atoms. The van der Waals surface area contributed by atoms with Gasteiger partial charge in [0, 0.05) is 37.5 Å². The molecule has 5 nitrogen and oxygen atoms in total. The van der Waals surface area contributed by atoms with E-state index in [2.05, 4.69) is 4.98 Å². The zero-order chi connectivity index (χ0) is 14.8. The highest BCUT2D eigenvalue weighted by atomic mass is 32.2. The predicted octanol–water partition coefficient (Wildman–Crippen LogP) is 1.63. The van der Waals surface area contributed by atoms with Crippen molar-refractivity contribution in [3.63, 3.8) is 0 Å². The summed E-state index contributed by atoms with van der Waals surface area (Å²) in [6.07, 6.45) is 6.61.